The van der Waals surface area contributed by atoms with Crippen LogP contribution >= 0.6 is 23.2 Å². The maximum atomic E-state index is 11.6. The van der Waals surface area contributed by atoms with Crippen molar-refractivity contribution in [3.63, 3.8) is 0 Å². The van der Waals surface area contributed by atoms with Gasteiger partial charge in [-0.1, -0.05) is 6.08 Å². The first-order chi connectivity index (χ1) is 7.40. The van der Waals surface area contributed by atoms with Crippen molar-refractivity contribution in [2.45, 2.75) is 24.7 Å². The van der Waals surface area contributed by atoms with E-state index in [1.165, 1.54) is 18.7 Å². The van der Waals surface area contributed by atoms with Gasteiger partial charge in [0.15, 0.2) is 5.78 Å². The van der Waals surface area contributed by atoms with Crippen molar-refractivity contribution >= 4 is 34.9 Å². The molecule has 16 heavy (non-hydrogen) atoms. The summed E-state index contributed by atoms with van der Waals surface area (Å²) in [6, 6.07) is -0.527. The monoisotopic (exact) mass is 263 g/mol. The van der Waals surface area contributed by atoms with Crippen LogP contribution in [0.15, 0.2) is 12.7 Å². The Bertz CT molecular complexity index is 317. The number of hydrogen-bond donors (Lipinski definition) is 0. The van der Waals surface area contributed by atoms with Crippen LogP contribution in [-0.2, 0) is 9.59 Å². The van der Waals surface area contributed by atoms with Crippen LogP contribution in [0.4, 0.5) is 0 Å². The molecular formula is C11H15Cl2NO2. The SMILES string of the molecule is C=CC1CN(C(C)=O)[C@H](C(C)=O)C1C(Cl)Cl. The normalized spacial score (nSPS) is 29.6. The standard InChI is InChI=1S/C11H15Cl2NO2/c1-4-8-5-14(7(3)16)10(6(2)15)9(8)11(12)13/h4,8-11H,1,5H2,2-3H3/t8?,9?,10-/m1/s1. The predicted molar refractivity (Wildman–Crippen MR) is 64.5 cm³/mol. The van der Waals surface area contributed by atoms with E-state index in [0.29, 0.717) is 6.54 Å². The summed E-state index contributed by atoms with van der Waals surface area (Å²) in [7, 11) is 0. The first-order valence-corrected chi connectivity index (χ1v) is 5.95. The van der Waals surface area contributed by atoms with Crippen LogP contribution in [0.3, 0.4) is 0 Å². The number of alkyl halides is 2. The third-order valence-corrected chi connectivity index (χ3v) is 3.60. The minimum atomic E-state index is -0.679. The zero-order valence-corrected chi connectivity index (χ0v) is 10.8. The molecule has 3 atom stereocenters. The number of carbonyl (C=O) groups is 2. The molecule has 1 aliphatic rings. The highest BCUT2D eigenvalue weighted by Crippen LogP contribution is 2.37. The first-order valence-electron chi connectivity index (χ1n) is 5.08. The quantitative estimate of drug-likeness (QED) is 0.577. The molecule has 0 spiro atoms. The fourth-order valence-electron chi connectivity index (χ4n) is 2.28. The van der Waals surface area contributed by atoms with E-state index in [1.54, 1.807) is 6.08 Å². The van der Waals surface area contributed by atoms with Crippen molar-refractivity contribution in [2.24, 2.45) is 11.8 Å². The van der Waals surface area contributed by atoms with Crippen LogP contribution in [0.2, 0.25) is 0 Å². The molecule has 1 rings (SSSR count). The number of hydrogen-bond acceptors (Lipinski definition) is 2. The van der Waals surface area contributed by atoms with Gasteiger partial charge in [0, 0.05) is 25.3 Å². The molecule has 1 aliphatic heterocycles. The van der Waals surface area contributed by atoms with Crippen LogP contribution in [-0.4, -0.2) is 34.0 Å². The number of Topliss-reactive ketones (excluding diaryl/α,β-unsaturated/α-hetero) is 1. The molecule has 2 unspecified atom stereocenters. The molecule has 90 valence electrons. The smallest absolute Gasteiger partial charge is 0.220 e. The molecule has 0 N–H and O–H groups in total. The van der Waals surface area contributed by atoms with Crippen LogP contribution in [0.1, 0.15) is 13.8 Å². The van der Waals surface area contributed by atoms with E-state index in [0.717, 1.165) is 0 Å². The number of rotatable bonds is 3. The molecule has 5 heteroatoms. The Morgan fingerprint density at radius 1 is 1.44 bits per heavy atom. The number of likely N-dealkylation sites (tertiary alicyclic amines) is 1. The van der Waals surface area contributed by atoms with Crippen molar-refractivity contribution in [2.75, 3.05) is 6.54 Å². The van der Waals surface area contributed by atoms with Gasteiger partial charge < -0.3 is 4.90 Å². The molecule has 0 aromatic heterocycles. The molecule has 0 bridgehead atoms. The van der Waals surface area contributed by atoms with Crippen LogP contribution in [0.5, 0.6) is 0 Å². The minimum absolute atomic E-state index is 0.0298. The molecule has 1 saturated heterocycles. The zero-order valence-electron chi connectivity index (χ0n) is 9.32. The third kappa shape index (κ3) is 2.41. The highest BCUT2D eigenvalue weighted by molar-refractivity contribution is 6.44. The Morgan fingerprint density at radius 2 is 2.00 bits per heavy atom. The summed E-state index contributed by atoms with van der Waals surface area (Å²) >= 11 is 11.8. The molecule has 1 fully saturated rings. The minimum Gasteiger partial charge on any atom is -0.332 e. The van der Waals surface area contributed by atoms with Gasteiger partial charge in [0.2, 0.25) is 5.91 Å². The molecule has 0 aromatic carbocycles. The summed E-state index contributed by atoms with van der Waals surface area (Å²) in [5.41, 5.74) is 0. The number of amides is 1. The molecule has 1 heterocycles. The molecular weight excluding hydrogens is 249 g/mol. The van der Waals surface area contributed by atoms with Crippen LogP contribution < -0.4 is 0 Å². The highest BCUT2D eigenvalue weighted by Gasteiger charge is 2.46. The van der Waals surface area contributed by atoms with Gasteiger partial charge in [-0.05, 0) is 6.92 Å². The zero-order chi connectivity index (χ0) is 12.5. The lowest BCUT2D eigenvalue weighted by Crippen LogP contribution is -2.42. The third-order valence-electron chi connectivity index (χ3n) is 3.02. The van der Waals surface area contributed by atoms with E-state index in [-0.39, 0.29) is 23.5 Å². The lowest BCUT2D eigenvalue weighted by atomic mass is 9.90. The molecule has 1 amide bonds. The fourth-order valence-corrected chi connectivity index (χ4v) is 2.92. The van der Waals surface area contributed by atoms with Gasteiger partial charge in [-0.2, -0.15) is 0 Å². The van der Waals surface area contributed by atoms with Crippen molar-refractivity contribution in [1.29, 1.82) is 0 Å². The van der Waals surface area contributed by atoms with Crippen molar-refractivity contribution in [1.82, 2.24) is 4.90 Å². The Kier molecular flexibility index (Phi) is 4.39. The van der Waals surface area contributed by atoms with Crippen LogP contribution in [0, 0.1) is 11.8 Å². The van der Waals surface area contributed by atoms with Crippen molar-refractivity contribution < 1.29 is 9.59 Å². The van der Waals surface area contributed by atoms with Gasteiger partial charge in [-0.3, -0.25) is 9.59 Å². The molecule has 3 nitrogen and oxygen atoms in total. The van der Waals surface area contributed by atoms with Gasteiger partial charge in [0.05, 0.1) is 6.04 Å². The summed E-state index contributed by atoms with van der Waals surface area (Å²) in [6.07, 6.45) is 1.71. The molecule has 0 radical (unpaired) electrons. The topological polar surface area (TPSA) is 37.4 Å². The van der Waals surface area contributed by atoms with Gasteiger partial charge in [-0.15, -0.1) is 29.8 Å². The maximum Gasteiger partial charge on any atom is 0.220 e. The summed E-state index contributed by atoms with van der Waals surface area (Å²) in [5.74, 6) is -0.514. The molecule has 0 aromatic rings. The Hall–Kier alpha value is -0.540. The summed E-state index contributed by atoms with van der Waals surface area (Å²) < 4.78 is 0. The van der Waals surface area contributed by atoms with E-state index >= 15 is 0 Å². The maximum absolute atomic E-state index is 11.6. The lowest BCUT2D eigenvalue weighted by molar-refractivity contribution is -0.135. The average molecular weight is 264 g/mol. The fraction of sp³-hybridized carbons (Fsp3) is 0.636. The highest BCUT2D eigenvalue weighted by atomic mass is 35.5. The van der Waals surface area contributed by atoms with Gasteiger partial charge in [0.1, 0.15) is 4.84 Å². The second kappa shape index (κ2) is 5.19. The second-order valence-electron chi connectivity index (χ2n) is 4.04. The lowest BCUT2D eigenvalue weighted by Gasteiger charge is -2.25. The van der Waals surface area contributed by atoms with Crippen LogP contribution in [0.25, 0.3) is 0 Å². The Balaban J connectivity index is 3.06. The molecule has 0 saturated carbocycles. The number of carbonyl (C=O) groups excluding carboxylic acids is 2. The molecule has 0 aliphatic carbocycles. The average Bonchev–Trinajstić information content (AvgIpc) is 2.56. The Morgan fingerprint density at radius 3 is 2.31 bits per heavy atom. The van der Waals surface area contributed by atoms with Gasteiger partial charge in [0.25, 0.3) is 0 Å². The van der Waals surface area contributed by atoms with Crippen molar-refractivity contribution in [3.8, 4) is 0 Å². The number of ketones is 1. The van der Waals surface area contributed by atoms with E-state index in [4.69, 9.17) is 23.2 Å². The van der Waals surface area contributed by atoms with E-state index < -0.39 is 10.9 Å². The van der Waals surface area contributed by atoms with E-state index in [9.17, 15) is 9.59 Å². The summed E-state index contributed by atoms with van der Waals surface area (Å²) in [4.78, 5) is 23.9. The largest absolute Gasteiger partial charge is 0.332 e. The number of halogens is 2. The van der Waals surface area contributed by atoms with Gasteiger partial charge >= 0.3 is 0 Å². The predicted octanol–water partition coefficient (Wildman–Crippen LogP) is 2.03. The van der Waals surface area contributed by atoms with Gasteiger partial charge in [-0.25, -0.2) is 0 Å². The second-order valence-corrected chi connectivity index (χ2v) is 5.20. The van der Waals surface area contributed by atoms with E-state index in [2.05, 4.69) is 6.58 Å². The summed E-state index contributed by atoms with van der Waals surface area (Å²) in [6.45, 7) is 7.05. The first kappa shape index (κ1) is 13.5. The Labute approximate surface area is 105 Å². The summed E-state index contributed by atoms with van der Waals surface area (Å²) in [5, 5.41) is 0. The number of nitrogens with zero attached hydrogens (tertiary/aromatic N) is 1. The van der Waals surface area contributed by atoms with E-state index in [1.807, 2.05) is 0 Å². The van der Waals surface area contributed by atoms with Crippen molar-refractivity contribution in [3.05, 3.63) is 12.7 Å².